The van der Waals surface area contributed by atoms with Crippen LogP contribution < -0.4 is 0 Å². The van der Waals surface area contributed by atoms with Crippen molar-refractivity contribution in [1.82, 2.24) is 19.9 Å². The Morgan fingerprint density at radius 1 is 0.228 bits per heavy atom. The standard InChI is InChI=1S/C56H54N4O24S8/c1-21-41(22(2)50(86(64,65)66)29(9)49(21)85(61,62)63)45-33-13-15-35(57-33)46(42-23(3)51(87(67,68)69)30(10)52(24(42)4)88(70,71)72)37-17-19-39(59-37)48(44-27(7)55(91(79,80)81)32(12)56(28(44)8)92(82,83)84)40-20-18-38(60-40)47(36-16-14-34(45)58-36)43-25(5)53(89(73,74)75)31(11)54(26(43)6)90(76,77)78/h13-20,57-58H,1-12H3,(H,61,62,63)(H,64,65,66)(H,67,68,69)(H,70,71,72)(H,73,74,75)(H,76,77,78)(H,79,80,81)(H,82,83,84). The van der Waals surface area contributed by atoms with Crippen LogP contribution in [-0.2, 0) is 80.9 Å². The van der Waals surface area contributed by atoms with E-state index in [-0.39, 0.29) is 83.8 Å². The maximum absolute atomic E-state index is 13.5. The third kappa shape index (κ3) is 11.4. The van der Waals surface area contributed by atoms with Gasteiger partial charge in [-0.2, -0.15) is 67.3 Å². The number of aromatic amines is 2. The van der Waals surface area contributed by atoms with Crippen LogP contribution in [-0.4, -0.2) is 124 Å². The highest BCUT2D eigenvalue weighted by molar-refractivity contribution is 7.88. The van der Waals surface area contributed by atoms with E-state index in [2.05, 4.69) is 9.97 Å². The summed E-state index contributed by atoms with van der Waals surface area (Å²) in [5.74, 6) is 0. The van der Waals surface area contributed by atoms with Gasteiger partial charge in [0.2, 0.25) is 0 Å². The zero-order chi connectivity index (χ0) is 69.3. The molecule has 10 N–H and O–H groups in total. The highest BCUT2D eigenvalue weighted by Gasteiger charge is 2.38. The van der Waals surface area contributed by atoms with E-state index in [0.29, 0.717) is 0 Å². The summed E-state index contributed by atoms with van der Waals surface area (Å²) in [4.78, 5) is 7.80. The molecule has 2 aliphatic rings. The zero-order valence-corrected chi connectivity index (χ0v) is 56.4. The molecule has 0 radical (unpaired) electrons. The predicted octanol–water partition coefficient (Wildman–Crippen LogP) is 9.00. The molecule has 28 nitrogen and oxygen atoms in total. The van der Waals surface area contributed by atoms with Crippen molar-refractivity contribution in [2.75, 3.05) is 0 Å². The van der Waals surface area contributed by atoms with E-state index < -0.39 is 192 Å². The Morgan fingerprint density at radius 3 is 0.565 bits per heavy atom. The second-order valence-electron chi connectivity index (χ2n) is 21.9. The van der Waals surface area contributed by atoms with Crippen LogP contribution in [0.1, 0.15) is 89.5 Å². The molecule has 92 heavy (non-hydrogen) atoms. The van der Waals surface area contributed by atoms with E-state index in [0.717, 1.165) is 83.1 Å². The van der Waals surface area contributed by atoms with Crippen LogP contribution in [0, 0.1) is 83.1 Å². The molecule has 8 bridgehead atoms. The van der Waals surface area contributed by atoms with Crippen LogP contribution in [0.5, 0.6) is 0 Å². The monoisotopic (exact) mass is 1420 g/mol. The quantitative estimate of drug-likeness (QED) is 0.0510. The van der Waals surface area contributed by atoms with Crippen LogP contribution in [0.25, 0.3) is 90.9 Å². The molecule has 0 aliphatic carbocycles. The molecule has 0 atom stereocenters. The van der Waals surface area contributed by atoms with Gasteiger partial charge in [-0.1, -0.05) is 0 Å². The molecule has 0 saturated heterocycles. The lowest BCUT2D eigenvalue weighted by Crippen LogP contribution is -2.14. The third-order valence-corrected chi connectivity index (χ3v) is 25.3. The second kappa shape index (κ2) is 22.2. The lowest BCUT2D eigenvalue weighted by molar-refractivity contribution is 0.474. The Labute approximate surface area is 527 Å². The average molecular weight is 1420 g/mol. The van der Waals surface area contributed by atoms with Crippen molar-refractivity contribution in [1.29, 1.82) is 0 Å². The summed E-state index contributed by atoms with van der Waals surface area (Å²) < 4.78 is 302. The van der Waals surface area contributed by atoms with Gasteiger partial charge in [-0.3, -0.25) is 36.4 Å². The van der Waals surface area contributed by atoms with Crippen molar-refractivity contribution in [3.63, 3.8) is 0 Å². The van der Waals surface area contributed by atoms with Crippen molar-refractivity contribution in [3.05, 3.63) is 114 Å². The molecule has 0 unspecified atom stereocenters. The first-order valence-electron chi connectivity index (χ1n) is 26.3. The molecule has 7 aromatic rings. The number of benzene rings is 4. The maximum atomic E-state index is 13.5. The smallest absolute Gasteiger partial charge is 0.295 e. The molecule has 4 aromatic carbocycles. The topological polar surface area (TPSA) is 492 Å². The second-order valence-corrected chi connectivity index (χ2v) is 32.8. The van der Waals surface area contributed by atoms with E-state index in [1.54, 1.807) is 0 Å². The number of rotatable bonds is 12. The number of nitrogens with one attached hydrogen (secondary N) is 2. The van der Waals surface area contributed by atoms with E-state index >= 15 is 0 Å². The number of hydrogen-bond donors (Lipinski definition) is 10. The van der Waals surface area contributed by atoms with Gasteiger partial charge in [-0.05, 0) is 221 Å². The highest BCUT2D eigenvalue weighted by atomic mass is 32.2. The van der Waals surface area contributed by atoms with Crippen molar-refractivity contribution < 1.29 is 104 Å². The van der Waals surface area contributed by atoms with Crippen LogP contribution in [0.2, 0.25) is 0 Å². The van der Waals surface area contributed by atoms with Crippen molar-refractivity contribution >= 4 is 127 Å². The van der Waals surface area contributed by atoms with Crippen molar-refractivity contribution in [2.45, 2.75) is 122 Å². The van der Waals surface area contributed by atoms with Gasteiger partial charge >= 0.3 is 0 Å². The van der Waals surface area contributed by atoms with Crippen LogP contribution in [0.15, 0.2) is 63.4 Å². The fraction of sp³-hybridized carbons (Fsp3) is 0.214. The number of nitrogens with zero attached hydrogens (tertiary/aromatic N) is 2. The van der Waals surface area contributed by atoms with Crippen molar-refractivity contribution in [3.8, 4) is 44.5 Å². The molecule has 3 aromatic heterocycles. The Kier molecular flexibility index (Phi) is 16.7. The first-order chi connectivity index (χ1) is 41.8. The van der Waals surface area contributed by atoms with Gasteiger partial charge in [0.25, 0.3) is 80.9 Å². The first kappa shape index (κ1) is 69.1. The third-order valence-electron chi connectivity index (χ3n) is 16.3. The van der Waals surface area contributed by atoms with E-state index in [9.17, 15) is 104 Å². The first-order valence-corrected chi connectivity index (χ1v) is 37.8. The lowest BCUT2D eigenvalue weighted by atomic mass is 9.91. The summed E-state index contributed by atoms with van der Waals surface area (Å²) in [6.07, 6.45) is 4.86. The summed E-state index contributed by atoms with van der Waals surface area (Å²) in [5.41, 5.74) is -11.0. The number of aromatic nitrogens is 4. The summed E-state index contributed by atoms with van der Waals surface area (Å²) >= 11 is 0. The molecule has 0 amide bonds. The van der Waals surface area contributed by atoms with Crippen LogP contribution in [0.3, 0.4) is 0 Å². The van der Waals surface area contributed by atoms with Gasteiger partial charge < -0.3 is 9.97 Å². The fourth-order valence-electron chi connectivity index (χ4n) is 13.5. The zero-order valence-electron chi connectivity index (χ0n) is 49.9. The van der Waals surface area contributed by atoms with Gasteiger partial charge in [0.15, 0.2) is 0 Å². The van der Waals surface area contributed by atoms with Gasteiger partial charge in [-0.15, -0.1) is 0 Å². The largest absolute Gasteiger partial charge is 0.354 e. The fourth-order valence-corrected chi connectivity index (χ4v) is 21.6. The van der Waals surface area contributed by atoms with Crippen molar-refractivity contribution in [2.24, 2.45) is 0 Å². The minimum Gasteiger partial charge on any atom is -0.354 e. The molecule has 9 rings (SSSR count). The van der Waals surface area contributed by atoms with E-state index in [4.69, 9.17) is 9.97 Å². The minimum absolute atomic E-state index is 0.219. The Balaban J connectivity index is 1.73. The van der Waals surface area contributed by atoms with E-state index in [1.165, 1.54) is 48.6 Å². The summed E-state index contributed by atoms with van der Waals surface area (Å²) in [5, 5.41) is 0. The Morgan fingerprint density at radius 2 is 0.380 bits per heavy atom. The Hall–Kier alpha value is -7.24. The summed E-state index contributed by atoms with van der Waals surface area (Å²) in [7, 11) is -43.8. The summed E-state index contributed by atoms with van der Waals surface area (Å²) in [6.45, 7) is 13.1. The predicted molar refractivity (Wildman–Crippen MR) is 336 cm³/mol. The maximum Gasteiger partial charge on any atom is 0.295 e. The minimum atomic E-state index is -5.48. The molecule has 2 aliphatic heterocycles. The number of H-pyrrole nitrogens is 2. The molecule has 0 fully saturated rings. The Bertz CT molecular complexity index is 5400. The molecule has 0 spiro atoms. The molecule has 36 heteroatoms. The van der Waals surface area contributed by atoms with Crippen LogP contribution in [0.4, 0.5) is 0 Å². The number of fused-ring (bicyclic) bond motifs is 8. The average Bonchev–Trinajstić information content (AvgIpc) is 1.20. The SMILES string of the molecule is Cc1c(-c2c3nc(c(-c4c(C)c(S(=O)(=O)O)c(C)c(S(=O)(=O)O)c4C)c4ccc([nH]4)c(-c4c(C)c(S(=O)(=O)O)c(C)c(S(=O)(=O)O)c4C)c4ccc([nH]4)c(-c4c(C)c(S(=O)(=O)O)c(C)c(S(=O)(=O)O)c4C)c4nc2C=C4)C=C3)c(C)c(S(=O)(=O)O)c(C)c1S(=O)(=O)O. The van der Waals surface area contributed by atoms with Gasteiger partial charge in [0, 0.05) is 44.3 Å². The van der Waals surface area contributed by atoms with Gasteiger partial charge in [0.1, 0.15) is 39.2 Å². The molecule has 490 valence electrons. The van der Waals surface area contributed by atoms with Gasteiger partial charge in [0.05, 0.1) is 22.8 Å². The highest BCUT2D eigenvalue weighted by Crippen LogP contribution is 2.49. The van der Waals surface area contributed by atoms with Crippen LogP contribution >= 0.6 is 0 Å². The molecule has 5 heterocycles. The molecule has 0 saturated carbocycles. The molecular weight excluding hydrogens is 1370 g/mol. The number of hydrogen-bond acceptors (Lipinski definition) is 18. The normalized spacial score (nSPS) is 13.6. The molecular formula is C56H54N4O24S8. The summed E-state index contributed by atoms with van der Waals surface area (Å²) in [6, 6.07) is 5.05. The lowest BCUT2D eigenvalue weighted by Gasteiger charge is -2.21. The van der Waals surface area contributed by atoms with E-state index in [1.807, 2.05) is 0 Å². The van der Waals surface area contributed by atoms with Gasteiger partial charge in [-0.25, -0.2) is 9.97 Å².